The van der Waals surface area contributed by atoms with Crippen LogP contribution in [-0.4, -0.2) is 19.1 Å². The third kappa shape index (κ3) is 2.31. The van der Waals surface area contributed by atoms with Crippen molar-refractivity contribution in [3.05, 3.63) is 64.3 Å². The Morgan fingerprint density at radius 2 is 1.71 bits per heavy atom. The van der Waals surface area contributed by atoms with Crippen molar-refractivity contribution in [3.63, 3.8) is 0 Å². The van der Waals surface area contributed by atoms with Crippen molar-refractivity contribution in [1.29, 1.82) is 0 Å². The lowest BCUT2D eigenvalue weighted by Crippen LogP contribution is -2.12. The van der Waals surface area contributed by atoms with E-state index in [1.807, 2.05) is 74.4 Å². The van der Waals surface area contributed by atoms with Crippen LogP contribution in [0.2, 0.25) is 0 Å². The summed E-state index contributed by atoms with van der Waals surface area (Å²) in [5.74, 6) is 0. The van der Waals surface area contributed by atoms with Gasteiger partial charge in [-0.05, 0) is 30.7 Å². The van der Waals surface area contributed by atoms with Crippen LogP contribution in [0.3, 0.4) is 0 Å². The number of aromatic amines is 1. The van der Waals surface area contributed by atoms with E-state index in [1.165, 1.54) is 0 Å². The molecule has 2 aromatic carbocycles. The molecule has 0 saturated carbocycles. The van der Waals surface area contributed by atoms with Crippen molar-refractivity contribution in [3.8, 4) is 11.3 Å². The zero-order valence-electron chi connectivity index (χ0n) is 12.5. The second kappa shape index (κ2) is 5.09. The predicted octanol–water partition coefficient (Wildman–Crippen LogP) is 3.57. The molecule has 3 nitrogen and oxygen atoms in total. The minimum absolute atomic E-state index is 0.0892. The highest BCUT2D eigenvalue weighted by Crippen LogP contribution is 2.24. The van der Waals surface area contributed by atoms with E-state index in [0.29, 0.717) is 0 Å². The molecule has 3 heteroatoms. The Hall–Kier alpha value is -2.55. The molecule has 3 aromatic rings. The van der Waals surface area contributed by atoms with Gasteiger partial charge in [0, 0.05) is 36.2 Å². The predicted molar refractivity (Wildman–Crippen MR) is 89.1 cm³/mol. The highest BCUT2D eigenvalue weighted by Gasteiger charge is 2.10. The first-order valence-corrected chi connectivity index (χ1v) is 6.97. The molecular formula is C18H18N2O. The number of nitrogens with zero attached hydrogens (tertiary/aromatic N) is 1. The van der Waals surface area contributed by atoms with Gasteiger partial charge in [-0.25, -0.2) is 0 Å². The number of H-pyrrole nitrogens is 1. The van der Waals surface area contributed by atoms with Gasteiger partial charge in [0.25, 0.3) is 0 Å². The van der Waals surface area contributed by atoms with Crippen molar-refractivity contribution in [2.45, 2.75) is 6.92 Å². The maximum Gasteiger partial charge on any atom is 0.192 e. The normalized spacial score (nSPS) is 10.8. The summed E-state index contributed by atoms with van der Waals surface area (Å²) in [7, 11) is 3.95. The number of fused-ring (bicyclic) bond motifs is 1. The topological polar surface area (TPSA) is 36.1 Å². The van der Waals surface area contributed by atoms with Crippen LogP contribution in [-0.2, 0) is 0 Å². The summed E-state index contributed by atoms with van der Waals surface area (Å²) >= 11 is 0. The number of hydrogen-bond acceptors (Lipinski definition) is 2. The van der Waals surface area contributed by atoms with E-state index >= 15 is 0 Å². The van der Waals surface area contributed by atoms with Gasteiger partial charge in [0.05, 0.1) is 5.69 Å². The van der Waals surface area contributed by atoms with Crippen LogP contribution in [0.25, 0.3) is 22.2 Å². The third-order valence-corrected chi connectivity index (χ3v) is 3.80. The fourth-order valence-electron chi connectivity index (χ4n) is 2.54. The molecular weight excluding hydrogens is 260 g/mol. The Labute approximate surface area is 123 Å². The molecule has 1 aromatic heterocycles. The maximum absolute atomic E-state index is 12.7. The molecule has 0 amide bonds. The van der Waals surface area contributed by atoms with Crippen molar-refractivity contribution < 1.29 is 0 Å². The van der Waals surface area contributed by atoms with Gasteiger partial charge in [-0.1, -0.05) is 30.3 Å². The van der Waals surface area contributed by atoms with Crippen LogP contribution in [0, 0.1) is 6.92 Å². The first-order chi connectivity index (χ1) is 10.1. The molecule has 0 aliphatic carbocycles. The summed E-state index contributed by atoms with van der Waals surface area (Å²) in [4.78, 5) is 18.1. The summed E-state index contributed by atoms with van der Waals surface area (Å²) in [6.45, 7) is 1.88. The lowest BCUT2D eigenvalue weighted by Gasteiger charge is -2.14. The Morgan fingerprint density at radius 3 is 2.38 bits per heavy atom. The number of hydrogen-bond donors (Lipinski definition) is 1. The van der Waals surface area contributed by atoms with Crippen LogP contribution in [0.5, 0.6) is 0 Å². The summed E-state index contributed by atoms with van der Waals surface area (Å²) in [5.41, 5.74) is 4.67. The molecule has 3 rings (SSSR count). The molecule has 1 heterocycles. The zero-order valence-corrected chi connectivity index (χ0v) is 12.5. The maximum atomic E-state index is 12.7. The van der Waals surface area contributed by atoms with Crippen LogP contribution >= 0.6 is 0 Å². The fraction of sp³-hybridized carbons (Fsp3) is 0.167. The summed E-state index contributed by atoms with van der Waals surface area (Å²) in [6.07, 6.45) is 0. The smallest absolute Gasteiger partial charge is 0.192 e. The Morgan fingerprint density at radius 1 is 1.00 bits per heavy atom. The van der Waals surface area contributed by atoms with Crippen molar-refractivity contribution in [2.75, 3.05) is 19.0 Å². The average molecular weight is 278 g/mol. The monoisotopic (exact) mass is 278 g/mol. The Balaban J connectivity index is 2.30. The zero-order chi connectivity index (χ0) is 15.0. The second-order valence-electron chi connectivity index (χ2n) is 5.44. The molecule has 106 valence electrons. The van der Waals surface area contributed by atoms with E-state index in [0.717, 1.165) is 33.4 Å². The number of nitrogens with one attached hydrogen (secondary N) is 1. The van der Waals surface area contributed by atoms with Gasteiger partial charge in [-0.15, -0.1) is 0 Å². The lowest BCUT2D eigenvalue weighted by molar-refractivity contribution is 1.13. The molecule has 0 radical (unpaired) electrons. The highest BCUT2D eigenvalue weighted by molar-refractivity contribution is 5.86. The standard InChI is InChI=1S/C18H18N2O/c1-12-17(13-7-5-4-6-8-13)19-16-10-9-14(20(2)3)11-15(16)18(12)21/h4-11H,1-3H3,(H,19,21). The van der Waals surface area contributed by atoms with Crippen LogP contribution < -0.4 is 10.3 Å². The summed E-state index contributed by atoms with van der Waals surface area (Å²) < 4.78 is 0. The van der Waals surface area contributed by atoms with Gasteiger partial charge < -0.3 is 9.88 Å². The van der Waals surface area contributed by atoms with Crippen LogP contribution in [0.4, 0.5) is 5.69 Å². The second-order valence-corrected chi connectivity index (χ2v) is 5.44. The number of aromatic nitrogens is 1. The van der Waals surface area contributed by atoms with Gasteiger partial charge >= 0.3 is 0 Å². The molecule has 1 N–H and O–H groups in total. The van der Waals surface area contributed by atoms with Crippen LogP contribution in [0.1, 0.15) is 5.56 Å². The SMILES string of the molecule is Cc1c(-c2ccccc2)[nH]c2ccc(N(C)C)cc2c1=O. The molecule has 0 fully saturated rings. The van der Waals surface area contributed by atoms with E-state index < -0.39 is 0 Å². The van der Waals surface area contributed by atoms with E-state index in [9.17, 15) is 4.79 Å². The Bertz CT molecular complexity index is 848. The molecule has 21 heavy (non-hydrogen) atoms. The number of anilines is 1. The molecule has 0 saturated heterocycles. The van der Waals surface area contributed by atoms with Gasteiger partial charge in [0.2, 0.25) is 0 Å². The molecule has 0 aliphatic heterocycles. The molecule has 0 atom stereocenters. The van der Waals surface area contributed by atoms with Gasteiger partial charge in [-0.2, -0.15) is 0 Å². The largest absolute Gasteiger partial charge is 0.378 e. The molecule has 0 unspecified atom stereocenters. The third-order valence-electron chi connectivity index (χ3n) is 3.80. The lowest BCUT2D eigenvalue weighted by atomic mass is 10.0. The first kappa shape index (κ1) is 13.4. The number of benzene rings is 2. The molecule has 0 bridgehead atoms. The van der Waals surface area contributed by atoms with E-state index in [4.69, 9.17) is 0 Å². The van der Waals surface area contributed by atoms with Crippen molar-refractivity contribution in [2.24, 2.45) is 0 Å². The van der Waals surface area contributed by atoms with E-state index in [2.05, 4.69) is 4.98 Å². The highest BCUT2D eigenvalue weighted by atomic mass is 16.1. The van der Waals surface area contributed by atoms with Crippen LogP contribution in [0.15, 0.2) is 53.3 Å². The quantitative estimate of drug-likeness (QED) is 0.778. The number of rotatable bonds is 2. The summed E-state index contributed by atoms with van der Waals surface area (Å²) in [6, 6.07) is 15.9. The minimum atomic E-state index is 0.0892. The molecule has 0 spiro atoms. The van der Waals surface area contributed by atoms with Gasteiger partial charge in [0.1, 0.15) is 0 Å². The summed E-state index contributed by atoms with van der Waals surface area (Å²) in [5, 5.41) is 0.735. The van der Waals surface area contributed by atoms with Gasteiger partial charge in [0.15, 0.2) is 5.43 Å². The van der Waals surface area contributed by atoms with E-state index in [1.54, 1.807) is 0 Å². The average Bonchev–Trinajstić information content (AvgIpc) is 2.51. The van der Waals surface area contributed by atoms with E-state index in [-0.39, 0.29) is 5.43 Å². The van der Waals surface area contributed by atoms with Crippen molar-refractivity contribution in [1.82, 2.24) is 4.98 Å². The minimum Gasteiger partial charge on any atom is -0.378 e. The fourth-order valence-corrected chi connectivity index (χ4v) is 2.54. The van der Waals surface area contributed by atoms with Gasteiger partial charge in [-0.3, -0.25) is 4.79 Å². The Kier molecular flexibility index (Phi) is 3.26. The number of pyridine rings is 1. The first-order valence-electron chi connectivity index (χ1n) is 6.97. The van der Waals surface area contributed by atoms with Crippen molar-refractivity contribution >= 4 is 16.6 Å². The molecule has 0 aliphatic rings.